The first-order valence-corrected chi connectivity index (χ1v) is 9.23. The Morgan fingerprint density at radius 3 is 2.62 bits per heavy atom. The van der Waals surface area contributed by atoms with Crippen LogP contribution in [0.2, 0.25) is 0 Å². The van der Waals surface area contributed by atoms with Gasteiger partial charge in [0.15, 0.2) is 5.76 Å². The number of nitrogens with zero attached hydrogens (tertiary/aromatic N) is 2. The van der Waals surface area contributed by atoms with E-state index in [1.54, 1.807) is 30.6 Å². The molecule has 0 unspecified atom stereocenters. The minimum atomic E-state index is -0.115. The number of amides is 1. The van der Waals surface area contributed by atoms with E-state index in [-0.39, 0.29) is 5.91 Å². The van der Waals surface area contributed by atoms with Crippen molar-refractivity contribution in [1.82, 2.24) is 0 Å². The van der Waals surface area contributed by atoms with Crippen molar-refractivity contribution in [3.05, 3.63) is 64.4 Å². The number of rotatable bonds is 3. The zero-order valence-corrected chi connectivity index (χ0v) is 15.8. The fraction of sp³-hybridized carbons (Fsp3) is 0.250. The monoisotopic (exact) mass is 368 g/mol. The van der Waals surface area contributed by atoms with Crippen molar-refractivity contribution in [3.63, 3.8) is 0 Å². The predicted octanol–water partition coefficient (Wildman–Crippen LogP) is 4.59. The van der Waals surface area contributed by atoms with Gasteiger partial charge in [-0.1, -0.05) is 0 Å². The van der Waals surface area contributed by atoms with Gasteiger partial charge in [-0.15, -0.1) is 11.3 Å². The number of thiophene rings is 1. The second kappa shape index (κ2) is 6.53. The molecule has 0 radical (unpaired) electrons. The Labute approximate surface area is 156 Å². The summed E-state index contributed by atoms with van der Waals surface area (Å²) in [6.07, 6.45) is 1.53. The first-order chi connectivity index (χ1) is 12.6. The summed E-state index contributed by atoms with van der Waals surface area (Å²) in [4.78, 5) is 18.3. The maximum Gasteiger partial charge on any atom is 0.296 e. The van der Waals surface area contributed by atoms with Crippen LogP contribution in [0.3, 0.4) is 0 Å². The molecule has 0 spiro atoms. The molecule has 0 bridgehead atoms. The van der Waals surface area contributed by atoms with Crippen molar-refractivity contribution in [2.45, 2.75) is 20.4 Å². The summed E-state index contributed by atoms with van der Waals surface area (Å²) >= 11 is 1.67. The molecular formula is C20H20N2O3S. The van der Waals surface area contributed by atoms with Crippen LogP contribution in [0.15, 0.2) is 47.1 Å². The van der Waals surface area contributed by atoms with Gasteiger partial charge in [0.2, 0.25) is 0 Å². The average molecular weight is 368 g/mol. The molecule has 0 saturated carbocycles. The first kappa shape index (κ1) is 16.7. The molecule has 3 aromatic rings. The Morgan fingerprint density at radius 1 is 1.19 bits per heavy atom. The zero-order chi connectivity index (χ0) is 18.3. The SMILES string of the molecule is COc1ccc(N2Cc3c(sc(C)c3C)N(C(=O)c3ccco3)C2)cc1. The summed E-state index contributed by atoms with van der Waals surface area (Å²) in [5.74, 6) is 1.06. The van der Waals surface area contributed by atoms with E-state index in [0.717, 1.165) is 23.0 Å². The molecule has 1 aliphatic rings. The lowest BCUT2D eigenvalue weighted by Gasteiger charge is -2.36. The number of benzene rings is 1. The van der Waals surface area contributed by atoms with Crippen molar-refractivity contribution in [1.29, 1.82) is 0 Å². The van der Waals surface area contributed by atoms with Crippen LogP contribution in [0, 0.1) is 13.8 Å². The highest BCUT2D eigenvalue weighted by Gasteiger charge is 2.32. The molecule has 6 heteroatoms. The van der Waals surface area contributed by atoms with Gasteiger partial charge in [0, 0.05) is 22.7 Å². The number of anilines is 2. The Balaban J connectivity index is 1.73. The van der Waals surface area contributed by atoms with E-state index in [0.29, 0.717) is 12.4 Å². The van der Waals surface area contributed by atoms with Crippen molar-refractivity contribution < 1.29 is 13.9 Å². The van der Waals surface area contributed by atoms with Gasteiger partial charge in [0.05, 0.1) is 20.0 Å². The van der Waals surface area contributed by atoms with Gasteiger partial charge in [-0.3, -0.25) is 9.69 Å². The summed E-state index contributed by atoms with van der Waals surface area (Å²) in [6, 6.07) is 11.4. The van der Waals surface area contributed by atoms with Crippen molar-refractivity contribution in [3.8, 4) is 5.75 Å². The van der Waals surface area contributed by atoms with Crippen molar-refractivity contribution >= 4 is 27.9 Å². The lowest BCUT2D eigenvalue weighted by Crippen LogP contribution is -2.45. The number of hydrogen-bond donors (Lipinski definition) is 0. The molecule has 5 nitrogen and oxygen atoms in total. The maximum atomic E-state index is 13.0. The first-order valence-electron chi connectivity index (χ1n) is 8.41. The summed E-state index contributed by atoms with van der Waals surface area (Å²) in [5, 5.41) is 1.02. The van der Waals surface area contributed by atoms with E-state index in [9.17, 15) is 4.79 Å². The van der Waals surface area contributed by atoms with Gasteiger partial charge in [0.25, 0.3) is 5.91 Å². The molecular weight excluding hydrogens is 348 g/mol. The van der Waals surface area contributed by atoms with Crippen LogP contribution in [-0.4, -0.2) is 19.7 Å². The number of carbonyl (C=O) groups excluding carboxylic acids is 1. The zero-order valence-electron chi connectivity index (χ0n) is 15.0. The molecule has 0 fully saturated rings. The second-order valence-corrected chi connectivity index (χ2v) is 7.52. The van der Waals surface area contributed by atoms with Gasteiger partial charge >= 0.3 is 0 Å². The van der Waals surface area contributed by atoms with Gasteiger partial charge in [0.1, 0.15) is 10.8 Å². The quantitative estimate of drug-likeness (QED) is 0.678. The molecule has 1 aromatic carbocycles. The van der Waals surface area contributed by atoms with Crippen LogP contribution >= 0.6 is 11.3 Å². The molecule has 0 atom stereocenters. The number of fused-ring (bicyclic) bond motifs is 1. The second-order valence-electron chi connectivity index (χ2n) is 6.31. The molecule has 3 heterocycles. The van der Waals surface area contributed by atoms with E-state index in [1.165, 1.54) is 22.3 Å². The molecule has 0 N–H and O–H groups in total. The molecule has 0 aliphatic carbocycles. The van der Waals surface area contributed by atoms with E-state index >= 15 is 0 Å². The van der Waals surface area contributed by atoms with Crippen LogP contribution in [0.1, 0.15) is 26.6 Å². The number of hydrogen-bond acceptors (Lipinski definition) is 5. The van der Waals surface area contributed by atoms with Crippen LogP contribution in [0.5, 0.6) is 5.75 Å². The Morgan fingerprint density at radius 2 is 1.96 bits per heavy atom. The van der Waals surface area contributed by atoms with Crippen LogP contribution in [0.4, 0.5) is 10.7 Å². The van der Waals surface area contributed by atoms with E-state index in [4.69, 9.17) is 9.15 Å². The molecule has 0 saturated heterocycles. The number of methoxy groups -OCH3 is 1. The average Bonchev–Trinajstić information content (AvgIpc) is 3.30. The van der Waals surface area contributed by atoms with E-state index in [2.05, 4.69) is 18.7 Å². The predicted molar refractivity (Wildman–Crippen MR) is 103 cm³/mol. The molecule has 1 amide bonds. The number of furan rings is 1. The number of ether oxygens (including phenoxy) is 1. The van der Waals surface area contributed by atoms with Crippen molar-refractivity contribution in [2.75, 3.05) is 23.6 Å². The maximum absolute atomic E-state index is 13.0. The molecule has 26 heavy (non-hydrogen) atoms. The minimum Gasteiger partial charge on any atom is -0.497 e. The number of aryl methyl sites for hydroxylation is 1. The fourth-order valence-electron chi connectivity index (χ4n) is 3.19. The number of carbonyl (C=O) groups is 1. The van der Waals surface area contributed by atoms with Gasteiger partial charge < -0.3 is 14.1 Å². The highest BCUT2D eigenvalue weighted by Crippen LogP contribution is 2.41. The Hall–Kier alpha value is -2.73. The van der Waals surface area contributed by atoms with Crippen molar-refractivity contribution in [2.24, 2.45) is 0 Å². The fourth-order valence-corrected chi connectivity index (χ4v) is 4.35. The van der Waals surface area contributed by atoms with Gasteiger partial charge in [-0.05, 0) is 55.8 Å². The Bertz CT molecular complexity index is 929. The van der Waals surface area contributed by atoms with E-state index in [1.807, 2.05) is 29.2 Å². The third-order valence-corrected chi connectivity index (χ3v) is 6.08. The largest absolute Gasteiger partial charge is 0.497 e. The van der Waals surface area contributed by atoms with Crippen LogP contribution in [0.25, 0.3) is 0 Å². The van der Waals surface area contributed by atoms with E-state index < -0.39 is 0 Å². The smallest absolute Gasteiger partial charge is 0.296 e. The standard InChI is InChI=1S/C20H20N2O3S/c1-13-14(2)26-20-17(13)11-21(15-6-8-16(24-3)9-7-15)12-22(20)19(23)18-5-4-10-25-18/h4-10H,11-12H2,1-3H3. The van der Waals surface area contributed by atoms with Crippen LogP contribution < -0.4 is 14.5 Å². The van der Waals surface area contributed by atoms with Crippen LogP contribution in [-0.2, 0) is 6.54 Å². The summed E-state index contributed by atoms with van der Waals surface area (Å²) < 4.78 is 10.6. The molecule has 2 aromatic heterocycles. The lowest BCUT2D eigenvalue weighted by molar-refractivity contribution is 0.0959. The lowest BCUT2D eigenvalue weighted by atomic mass is 10.1. The van der Waals surface area contributed by atoms with Gasteiger partial charge in [-0.2, -0.15) is 0 Å². The minimum absolute atomic E-state index is 0.115. The highest BCUT2D eigenvalue weighted by atomic mass is 32.1. The highest BCUT2D eigenvalue weighted by molar-refractivity contribution is 7.16. The third-order valence-electron chi connectivity index (χ3n) is 4.81. The summed E-state index contributed by atoms with van der Waals surface area (Å²) in [5.41, 5.74) is 3.51. The molecule has 4 rings (SSSR count). The molecule has 1 aliphatic heterocycles. The Kier molecular flexibility index (Phi) is 4.20. The molecule has 134 valence electrons. The third kappa shape index (κ3) is 2.76. The topological polar surface area (TPSA) is 45.9 Å². The summed E-state index contributed by atoms with van der Waals surface area (Å²) in [6.45, 7) is 5.49. The summed E-state index contributed by atoms with van der Waals surface area (Å²) in [7, 11) is 1.66. The van der Waals surface area contributed by atoms with Gasteiger partial charge in [-0.25, -0.2) is 0 Å². The normalized spacial score (nSPS) is 13.7.